The molecule has 0 spiro atoms. The molecule has 4 nitrogen and oxygen atoms in total. The number of hydrogen-bond donors (Lipinski definition) is 0. The monoisotopic (exact) mass is 355 g/mol. The van der Waals surface area contributed by atoms with E-state index in [2.05, 4.69) is 0 Å². The van der Waals surface area contributed by atoms with Crippen molar-refractivity contribution < 1.29 is 14.3 Å². The smallest absolute Gasteiger partial charge is 0.331 e. The molecule has 0 saturated heterocycles. The second-order valence-electron chi connectivity index (χ2n) is 5.57. The van der Waals surface area contributed by atoms with Crippen molar-refractivity contribution >= 4 is 29.7 Å². The van der Waals surface area contributed by atoms with E-state index in [1.807, 2.05) is 48.7 Å². The second kappa shape index (κ2) is 9.08. The Morgan fingerprint density at radius 2 is 1.68 bits per heavy atom. The van der Waals surface area contributed by atoms with Gasteiger partial charge in [-0.3, -0.25) is 4.79 Å². The molecule has 0 aromatic heterocycles. The third-order valence-corrected chi connectivity index (χ3v) is 4.27. The van der Waals surface area contributed by atoms with Crippen molar-refractivity contribution in [1.29, 1.82) is 0 Å². The lowest BCUT2D eigenvalue weighted by Crippen LogP contribution is -2.30. The zero-order valence-corrected chi connectivity index (χ0v) is 15.3. The summed E-state index contributed by atoms with van der Waals surface area (Å²) in [5.41, 5.74) is 1.54. The minimum absolute atomic E-state index is 0.280. The van der Waals surface area contributed by atoms with Gasteiger partial charge in [-0.1, -0.05) is 42.5 Å². The molecule has 0 aliphatic carbocycles. The number of carbonyl (C=O) groups excluding carboxylic acids is 2. The maximum Gasteiger partial charge on any atom is 0.331 e. The Bertz CT molecular complexity index is 739. The van der Waals surface area contributed by atoms with Crippen molar-refractivity contribution in [3.63, 3.8) is 0 Å². The number of ether oxygens (including phenoxy) is 1. The summed E-state index contributed by atoms with van der Waals surface area (Å²) < 4.78 is 5.41. The molecule has 5 heteroatoms. The minimum atomic E-state index is -0.952. The average molecular weight is 355 g/mol. The Morgan fingerprint density at radius 3 is 2.24 bits per heavy atom. The molecule has 0 N–H and O–H groups in total. The van der Waals surface area contributed by atoms with Crippen LogP contribution in [0.2, 0.25) is 0 Å². The number of carbonyl (C=O) groups is 2. The molecule has 0 fully saturated rings. The number of hydrogen-bond acceptors (Lipinski definition) is 4. The first-order chi connectivity index (χ1) is 12.0. The number of esters is 1. The maximum absolute atomic E-state index is 12.3. The molecular formula is C20H21NO3S. The number of thioether (sulfide) groups is 1. The van der Waals surface area contributed by atoms with Gasteiger partial charge < -0.3 is 9.64 Å². The van der Waals surface area contributed by atoms with Gasteiger partial charge in [0.25, 0.3) is 5.91 Å². The molecule has 2 rings (SSSR count). The highest BCUT2D eigenvalue weighted by molar-refractivity contribution is 7.98. The highest BCUT2D eigenvalue weighted by Crippen LogP contribution is 2.20. The second-order valence-corrected chi connectivity index (χ2v) is 6.45. The Balaban J connectivity index is 2.10. The zero-order valence-electron chi connectivity index (χ0n) is 14.5. The van der Waals surface area contributed by atoms with Gasteiger partial charge in [0.05, 0.1) is 0 Å². The number of rotatable bonds is 6. The maximum atomic E-state index is 12.3. The summed E-state index contributed by atoms with van der Waals surface area (Å²) in [5, 5.41) is 0. The molecule has 0 heterocycles. The van der Waals surface area contributed by atoms with E-state index in [1.165, 1.54) is 11.0 Å². The lowest BCUT2D eigenvalue weighted by molar-refractivity contribution is -0.155. The van der Waals surface area contributed by atoms with Crippen LogP contribution in [-0.4, -0.2) is 37.1 Å². The Hall–Kier alpha value is -2.53. The van der Waals surface area contributed by atoms with Crippen molar-refractivity contribution in [2.24, 2.45) is 0 Å². The molecular weight excluding hydrogens is 334 g/mol. The minimum Gasteiger partial charge on any atom is -0.444 e. The molecule has 25 heavy (non-hydrogen) atoms. The summed E-state index contributed by atoms with van der Waals surface area (Å²) >= 11 is 1.66. The van der Waals surface area contributed by atoms with Crippen LogP contribution >= 0.6 is 11.8 Å². The van der Waals surface area contributed by atoms with E-state index in [1.54, 1.807) is 44.1 Å². The van der Waals surface area contributed by atoms with Crippen LogP contribution in [-0.2, 0) is 14.3 Å². The topological polar surface area (TPSA) is 46.6 Å². The van der Waals surface area contributed by atoms with Gasteiger partial charge >= 0.3 is 5.97 Å². The number of likely N-dealkylation sites (N-methyl/N-ethyl adjacent to an activating group) is 1. The molecule has 0 aliphatic rings. The van der Waals surface area contributed by atoms with Gasteiger partial charge in [-0.15, -0.1) is 11.8 Å². The predicted molar refractivity (Wildman–Crippen MR) is 101 cm³/mol. The molecule has 0 aliphatic heterocycles. The average Bonchev–Trinajstić information content (AvgIpc) is 2.65. The normalized spacial score (nSPS) is 12.0. The van der Waals surface area contributed by atoms with Crippen molar-refractivity contribution in [2.75, 3.05) is 20.4 Å². The van der Waals surface area contributed by atoms with E-state index in [9.17, 15) is 9.59 Å². The van der Waals surface area contributed by atoms with Crippen LogP contribution in [0.3, 0.4) is 0 Å². The van der Waals surface area contributed by atoms with Crippen molar-refractivity contribution in [1.82, 2.24) is 4.90 Å². The van der Waals surface area contributed by atoms with E-state index in [-0.39, 0.29) is 5.91 Å². The van der Waals surface area contributed by atoms with Gasteiger partial charge in [-0.25, -0.2) is 4.79 Å². The first kappa shape index (κ1) is 18.8. The van der Waals surface area contributed by atoms with Crippen molar-refractivity contribution in [3.05, 3.63) is 71.8 Å². The molecule has 2 aromatic rings. The highest BCUT2D eigenvalue weighted by atomic mass is 32.2. The van der Waals surface area contributed by atoms with Gasteiger partial charge in [0.1, 0.15) is 0 Å². The summed E-state index contributed by atoms with van der Waals surface area (Å²) in [4.78, 5) is 27.1. The van der Waals surface area contributed by atoms with Crippen LogP contribution in [0.4, 0.5) is 0 Å². The first-order valence-corrected chi connectivity index (χ1v) is 9.02. The van der Waals surface area contributed by atoms with Crippen LogP contribution in [0.25, 0.3) is 6.08 Å². The summed E-state index contributed by atoms with van der Waals surface area (Å²) in [7, 11) is 3.27. The van der Waals surface area contributed by atoms with Crippen LogP contribution in [0, 0.1) is 0 Å². The Labute approximate surface area is 152 Å². The van der Waals surface area contributed by atoms with Crippen LogP contribution < -0.4 is 0 Å². The van der Waals surface area contributed by atoms with E-state index in [0.717, 1.165) is 10.5 Å². The van der Waals surface area contributed by atoms with Gasteiger partial charge in [-0.2, -0.15) is 0 Å². The largest absolute Gasteiger partial charge is 0.444 e. The van der Waals surface area contributed by atoms with E-state index < -0.39 is 12.1 Å². The van der Waals surface area contributed by atoms with Crippen molar-refractivity contribution in [2.45, 2.75) is 11.0 Å². The van der Waals surface area contributed by atoms with Crippen LogP contribution in [0.1, 0.15) is 17.2 Å². The van der Waals surface area contributed by atoms with Gasteiger partial charge in [0.2, 0.25) is 6.10 Å². The fourth-order valence-electron chi connectivity index (χ4n) is 2.16. The van der Waals surface area contributed by atoms with Crippen LogP contribution in [0.5, 0.6) is 0 Å². The van der Waals surface area contributed by atoms with E-state index >= 15 is 0 Å². The lowest BCUT2D eigenvalue weighted by Gasteiger charge is -2.20. The summed E-state index contributed by atoms with van der Waals surface area (Å²) in [6.45, 7) is 0. The fourth-order valence-corrected chi connectivity index (χ4v) is 2.57. The molecule has 0 saturated carbocycles. The van der Waals surface area contributed by atoms with Gasteiger partial charge in [-0.05, 0) is 30.0 Å². The Kier molecular flexibility index (Phi) is 6.83. The van der Waals surface area contributed by atoms with Crippen molar-refractivity contribution in [3.8, 4) is 0 Å². The SMILES string of the molecule is CSc1ccc(/C=C/C(=O)O[C@@H](C(=O)N(C)C)c2ccccc2)cc1. The van der Waals surface area contributed by atoms with E-state index in [4.69, 9.17) is 4.74 Å². The highest BCUT2D eigenvalue weighted by Gasteiger charge is 2.25. The summed E-state index contributed by atoms with van der Waals surface area (Å²) in [6.07, 6.45) is 4.07. The molecule has 1 amide bonds. The predicted octanol–water partition coefficient (Wildman–Crippen LogP) is 3.79. The van der Waals surface area contributed by atoms with E-state index in [0.29, 0.717) is 5.56 Å². The molecule has 0 unspecified atom stereocenters. The number of amides is 1. The Morgan fingerprint density at radius 1 is 1.04 bits per heavy atom. The quantitative estimate of drug-likeness (QED) is 0.449. The van der Waals surface area contributed by atoms with Gasteiger partial charge in [0.15, 0.2) is 0 Å². The fraction of sp³-hybridized carbons (Fsp3) is 0.200. The summed E-state index contributed by atoms with van der Waals surface area (Å²) in [6, 6.07) is 16.8. The molecule has 130 valence electrons. The standard InChI is InChI=1S/C20H21NO3S/c1-21(2)20(23)19(16-7-5-4-6-8-16)24-18(22)14-11-15-9-12-17(25-3)13-10-15/h4-14,19H,1-3H3/b14-11+/t19-/m1/s1. The zero-order chi connectivity index (χ0) is 18.2. The number of benzene rings is 2. The molecule has 0 bridgehead atoms. The molecule has 2 aromatic carbocycles. The summed E-state index contributed by atoms with van der Waals surface area (Å²) in [5.74, 6) is -0.838. The van der Waals surface area contributed by atoms with Gasteiger partial charge in [0, 0.05) is 30.6 Å². The number of nitrogens with zero attached hydrogens (tertiary/aromatic N) is 1. The first-order valence-electron chi connectivity index (χ1n) is 7.80. The third-order valence-electron chi connectivity index (χ3n) is 3.53. The third kappa shape index (κ3) is 5.50. The molecule has 0 radical (unpaired) electrons. The lowest BCUT2D eigenvalue weighted by atomic mass is 10.1. The molecule has 1 atom stereocenters. The van der Waals surface area contributed by atoms with Crippen LogP contribution in [0.15, 0.2) is 65.6 Å².